The Balaban J connectivity index is 2.11. The number of rotatable bonds is 22. The van der Waals surface area contributed by atoms with Crippen LogP contribution in [0.3, 0.4) is 0 Å². The van der Waals surface area contributed by atoms with Crippen molar-refractivity contribution in [3.8, 4) is 0 Å². The first-order valence-electron chi connectivity index (χ1n) is 15.0. The number of carboxylic acid groups (broad SMARTS) is 1. The van der Waals surface area contributed by atoms with Crippen LogP contribution in [0.15, 0.2) is 97.4 Å². The Bertz CT molecular complexity index is 1070. The van der Waals surface area contributed by atoms with Gasteiger partial charge in [0.1, 0.15) is 6.04 Å². The normalized spacial score (nSPS) is 13.7. The van der Waals surface area contributed by atoms with Gasteiger partial charge in [0.05, 0.1) is 5.56 Å². The molecule has 0 bridgehead atoms. The molecule has 1 aromatic rings. The van der Waals surface area contributed by atoms with Crippen molar-refractivity contribution in [3.63, 3.8) is 0 Å². The number of hydrogen-bond donors (Lipinski definition) is 3. The highest BCUT2D eigenvalue weighted by Gasteiger charge is 2.21. The molecule has 228 valence electrons. The van der Waals surface area contributed by atoms with Gasteiger partial charge in [-0.2, -0.15) is 0 Å². The molecular formula is C35H49N3O4. The average Bonchev–Trinajstić information content (AvgIpc) is 2.99. The minimum atomic E-state index is -1.08. The zero-order chi connectivity index (χ0) is 30.7. The number of aliphatic carboxylic acids is 1. The summed E-state index contributed by atoms with van der Waals surface area (Å²) in [6.45, 7) is 4.56. The van der Waals surface area contributed by atoms with Gasteiger partial charge < -0.3 is 15.7 Å². The maximum absolute atomic E-state index is 12.2. The van der Waals surface area contributed by atoms with E-state index in [1.54, 1.807) is 18.3 Å². The van der Waals surface area contributed by atoms with Gasteiger partial charge in [-0.25, -0.2) is 4.79 Å². The van der Waals surface area contributed by atoms with Crippen LogP contribution < -0.4 is 10.6 Å². The number of nitrogens with zero attached hydrogens (tertiary/aromatic N) is 1. The quantitative estimate of drug-likeness (QED) is 0.126. The third-order valence-corrected chi connectivity index (χ3v) is 6.26. The number of carboxylic acids is 1. The molecule has 2 amide bonds. The second-order valence-electron chi connectivity index (χ2n) is 10.0. The summed E-state index contributed by atoms with van der Waals surface area (Å²) >= 11 is 0. The first kappa shape index (κ1) is 36.0. The summed E-state index contributed by atoms with van der Waals surface area (Å²) in [6, 6.07) is 2.21. The lowest BCUT2D eigenvalue weighted by molar-refractivity contribution is -0.139. The maximum Gasteiger partial charge on any atom is 0.326 e. The fraction of sp³-hybridized carbons (Fsp3) is 0.429. The number of aromatic nitrogens is 1. The highest BCUT2D eigenvalue weighted by atomic mass is 16.4. The highest BCUT2D eigenvalue weighted by Crippen LogP contribution is 2.09. The Kier molecular flexibility index (Phi) is 21.2. The molecule has 0 fully saturated rings. The molecule has 1 aromatic heterocycles. The second-order valence-corrected chi connectivity index (χ2v) is 10.0. The van der Waals surface area contributed by atoms with Gasteiger partial charge >= 0.3 is 5.97 Å². The molecule has 0 aromatic carbocycles. The zero-order valence-electron chi connectivity index (χ0n) is 25.3. The Morgan fingerprint density at radius 1 is 0.833 bits per heavy atom. The van der Waals surface area contributed by atoms with Gasteiger partial charge in [0.15, 0.2) is 0 Å². The summed E-state index contributed by atoms with van der Waals surface area (Å²) in [5, 5.41) is 14.9. The third-order valence-electron chi connectivity index (χ3n) is 6.26. The van der Waals surface area contributed by atoms with E-state index in [0.717, 1.165) is 38.5 Å². The van der Waals surface area contributed by atoms with Gasteiger partial charge in [-0.3, -0.25) is 14.6 Å². The van der Waals surface area contributed by atoms with Crippen LogP contribution in [0.4, 0.5) is 0 Å². The number of amides is 2. The number of allylic oxidation sites excluding steroid dienone is 12. The van der Waals surface area contributed by atoms with Gasteiger partial charge in [-0.05, 0) is 75.8 Å². The van der Waals surface area contributed by atoms with Crippen molar-refractivity contribution in [2.45, 2.75) is 84.1 Å². The molecule has 2 unspecified atom stereocenters. The minimum absolute atomic E-state index is 0.0268. The van der Waals surface area contributed by atoms with Crippen LogP contribution in [0, 0.1) is 5.92 Å². The largest absolute Gasteiger partial charge is 0.480 e. The standard InChI is InChI=1S/C35H49N3O4/c1-3-4-5-6-7-8-9-10-11-12-13-14-15-16-17-18-19-20-21-24-33(39)37-28-30(2)25-26-32(35(41)42)38-34(40)31-23-22-27-36-29-31/h4-5,7-8,10-11,13-14,16-17,19-20,22-23,27,29-30,32H,3,6,9,12,15,18,21,24-26,28H2,1-2H3,(H,37,39)(H,38,40)(H,41,42). The Morgan fingerprint density at radius 2 is 1.38 bits per heavy atom. The molecule has 0 spiro atoms. The lowest BCUT2D eigenvalue weighted by Gasteiger charge is -2.17. The first-order valence-corrected chi connectivity index (χ1v) is 15.0. The van der Waals surface area contributed by atoms with Gasteiger partial charge in [0.25, 0.3) is 5.91 Å². The van der Waals surface area contributed by atoms with Gasteiger partial charge in [-0.1, -0.05) is 86.8 Å². The first-order chi connectivity index (χ1) is 20.4. The Hall–Kier alpha value is -4.00. The van der Waals surface area contributed by atoms with Crippen LogP contribution in [-0.4, -0.2) is 40.5 Å². The SMILES string of the molecule is CCC=CCC=CCC=CCC=CCC=CCC=CCCC(=O)NCC(C)CCC(NC(=O)c1cccnc1)C(=O)O. The third kappa shape index (κ3) is 20.0. The van der Waals surface area contributed by atoms with Crippen LogP contribution >= 0.6 is 0 Å². The summed E-state index contributed by atoms with van der Waals surface area (Å²) in [5.41, 5.74) is 0.316. The van der Waals surface area contributed by atoms with E-state index in [9.17, 15) is 19.5 Å². The zero-order valence-corrected chi connectivity index (χ0v) is 25.3. The molecule has 2 atom stereocenters. The van der Waals surface area contributed by atoms with Crippen molar-refractivity contribution in [3.05, 3.63) is 103 Å². The van der Waals surface area contributed by atoms with E-state index < -0.39 is 17.9 Å². The Labute approximate surface area is 252 Å². The van der Waals surface area contributed by atoms with E-state index in [1.165, 1.54) is 6.20 Å². The minimum Gasteiger partial charge on any atom is -0.480 e. The molecule has 7 nitrogen and oxygen atoms in total. The molecule has 0 aliphatic heterocycles. The van der Waals surface area contributed by atoms with E-state index in [-0.39, 0.29) is 18.2 Å². The second kappa shape index (κ2) is 24.8. The molecule has 1 heterocycles. The van der Waals surface area contributed by atoms with E-state index in [4.69, 9.17) is 0 Å². The molecule has 7 heteroatoms. The topological polar surface area (TPSA) is 108 Å². The molecule has 0 aliphatic rings. The Morgan fingerprint density at radius 3 is 1.88 bits per heavy atom. The lowest BCUT2D eigenvalue weighted by atomic mass is 10.0. The summed E-state index contributed by atoms with van der Waals surface area (Å²) in [6.07, 6.45) is 36.5. The van der Waals surface area contributed by atoms with E-state index >= 15 is 0 Å². The number of carbonyl (C=O) groups is 3. The average molecular weight is 576 g/mol. The van der Waals surface area contributed by atoms with Crippen LogP contribution in [0.1, 0.15) is 88.4 Å². The predicted molar refractivity (Wildman–Crippen MR) is 172 cm³/mol. The predicted octanol–water partition coefficient (Wildman–Crippen LogP) is 7.28. The van der Waals surface area contributed by atoms with Crippen LogP contribution in [0.25, 0.3) is 0 Å². The summed E-state index contributed by atoms with van der Waals surface area (Å²) < 4.78 is 0. The van der Waals surface area contributed by atoms with Crippen molar-refractivity contribution >= 4 is 17.8 Å². The van der Waals surface area contributed by atoms with E-state index in [1.807, 2.05) is 13.0 Å². The number of hydrogen-bond acceptors (Lipinski definition) is 4. The molecular weight excluding hydrogens is 526 g/mol. The van der Waals surface area contributed by atoms with E-state index in [2.05, 4.69) is 89.4 Å². The van der Waals surface area contributed by atoms with Crippen LogP contribution in [0.5, 0.6) is 0 Å². The molecule has 0 radical (unpaired) electrons. The molecule has 3 N–H and O–H groups in total. The molecule has 42 heavy (non-hydrogen) atoms. The molecule has 0 saturated heterocycles. The smallest absolute Gasteiger partial charge is 0.326 e. The summed E-state index contributed by atoms with van der Waals surface area (Å²) in [7, 11) is 0. The highest BCUT2D eigenvalue weighted by molar-refractivity contribution is 5.96. The number of carbonyl (C=O) groups excluding carboxylic acids is 2. The molecule has 0 saturated carbocycles. The van der Waals surface area contributed by atoms with E-state index in [0.29, 0.717) is 31.4 Å². The fourth-order valence-electron chi connectivity index (χ4n) is 3.78. The van der Waals surface area contributed by atoms with Crippen molar-refractivity contribution in [2.75, 3.05) is 6.54 Å². The van der Waals surface area contributed by atoms with Crippen molar-refractivity contribution in [1.29, 1.82) is 0 Å². The fourth-order valence-corrected chi connectivity index (χ4v) is 3.78. The van der Waals surface area contributed by atoms with Crippen molar-refractivity contribution in [1.82, 2.24) is 15.6 Å². The molecule has 1 rings (SSSR count). The lowest BCUT2D eigenvalue weighted by Crippen LogP contribution is -2.41. The maximum atomic E-state index is 12.2. The molecule has 0 aliphatic carbocycles. The van der Waals surface area contributed by atoms with Crippen LogP contribution in [-0.2, 0) is 9.59 Å². The summed E-state index contributed by atoms with van der Waals surface area (Å²) in [5.74, 6) is -1.50. The summed E-state index contributed by atoms with van der Waals surface area (Å²) in [4.78, 5) is 39.8. The van der Waals surface area contributed by atoms with Gasteiger partial charge in [-0.15, -0.1) is 0 Å². The van der Waals surface area contributed by atoms with Crippen molar-refractivity contribution < 1.29 is 19.5 Å². The van der Waals surface area contributed by atoms with Crippen LogP contribution in [0.2, 0.25) is 0 Å². The number of nitrogens with one attached hydrogen (secondary N) is 2. The van der Waals surface area contributed by atoms with Gasteiger partial charge in [0, 0.05) is 25.4 Å². The number of pyridine rings is 1. The van der Waals surface area contributed by atoms with Crippen molar-refractivity contribution in [2.24, 2.45) is 5.92 Å². The monoisotopic (exact) mass is 575 g/mol. The van der Waals surface area contributed by atoms with Gasteiger partial charge in [0.2, 0.25) is 5.91 Å².